The van der Waals surface area contributed by atoms with Crippen LogP contribution in [0.3, 0.4) is 0 Å². The van der Waals surface area contributed by atoms with Gasteiger partial charge in [0.05, 0.1) is 0 Å². The van der Waals surface area contributed by atoms with E-state index in [1.54, 1.807) is 19.2 Å². The highest BCUT2D eigenvalue weighted by molar-refractivity contribution is 14.0. The summed E-state index contributed by atoms with van der Waals surface area (Å²) in [6, 6.07) is 15.0. The molecule has 0 heterocycles. The molecule has 2 N–H and O–H groups in total. The van der Waals surface area contributed by atoms with Crippen LogP contribution in [0.25, 0.3) is 0 Å². The van der Waals surface area contributed by atoms with E-state index in [2.05, 4.69) is 44.8 Å². The fourth-order valence-electron chi connectivity index (χ4n) is 2.29. The molecule has 0 radical (unpaired) electrons. The van der Waals surface area contributed by atoms with E-state index in [1.807, 2.05) is 14.1 Å². The molecule has 4 nitrogen and oxygen atoms in total. The van der Waals surface area contributed by atoms with Crippen molar-refractivity contribution in [2.75, 3.05) is 32.6 Å². The predicted molar refractivity (Wildman–Crippen MR) is 114 cm³/mol. The van der Waals surface area contributed by atoms with Gasteiger partial charge in [0.15, 0.2) is 5.96 Å². The maximum atomic E-state index is 12.9. The first kappa shape index (κ1) is 21.2. The van der Waals surface area contributed by atoms with E-state index in [-0.39, 0.29) is 29.8 Å². The number of benzene rings is 2. The van der Waals surface area contributed by atoms with Crippen LogP contribution in [-0.4, -0.2) is 33.6 Å². The first-order valence-corrected chi connectivity index (χ1v) is 8.03. The molecule has 0 fully saturated rings. The van der Waals surface area contributed by atoms with Crippen LogP contribution in [-0.2, 0) is 13.0 Å². The Morgan fingerprint density at radius 1 is 0.960 bits per heavy atom. The highest BCUT2D eigenvalue weighted by atomic mass is 127. The summed E-state index contributed by atoms with van der Waals surface area (Å²) < 4.78 is 12.9. The Kier molecular flexibility index (Phi) is 9.26. The second-order valence-electron chi connectivity index (χ2n) is 5.79. The fraction of sp³-hybridized carbons (Fsp3) is 0.316. The maximum absolute atomic E-state index is 12.9. The number of hydrogen-bond acceptors (Lipinski definition) is 2. The molecular formula is C19H26FIN4. The second kappa shape index (κ2) is 10.9. The first-order valence-electron chi connectivity index (χ1n) is 8.03. The number of guanidine groups is 1. The van der Waals surface area contributed by atoms with Crippen LogP contribution in [0, 0.1) is 5.82 Å². The van der Waals surface area contributed by atoms with Crippen LogP contribution in [0.5, 0.6) is 0 Å². The Morgan fingerprint density at radius 3 is 2.12 bits per heavy atom. The highest BCUT2D eigenvalue weighted by Gasteiger charge is 2.00. The lowest BCUT2D eigenvalue weighted by Crippen LogP contribution is -2.37. The molecule has 0 unspecified atom stereocenters. The van der Waals surface area contributed by atoms with E-state index in [4.69, 9.17) is 0 Å². The maximum Gasteiger partial charge on any atom is 0.191 e. The SMILES string of the molecule is CN=C(NCCc1ccc(F)cc1)NCc1ccc(N(C)C)cc1.I. The van der Waals surface area contributed by atoms with Crippen LogP contribution in [0.2, 0.25) is 0 Å². The van der Waals surface area contributed by atoms with E-state index in [9.17, 15) is 4.39 Å². The summed E-state index contributed by atoms with van der Waals surface area (Å²) in [4.78, 5) is 6.30. The summed E-state index contributed by atoms with van der Waals surface area (Å²) in [5, 5.41) is 6.56. The first-order chi connectivity index (χ1) is 11.6. The third-order valence-corrected chi connectivity index (χ3v) is 3.76. The van der Waals surface area contributed by atoms with Crippen LogP contribution in [0.15, 0.2) is 53.5 Å². The van der Waals surface area contributed by atoms with Gasteiger partial charge in [-0.05, 0) is 41.8 Å². The van der Waals surface area contributed by atoms with Gasteiger partial charge in [0.1, 0.15) is 5.82 Å². The molecule has 2 aromatic carbocycles. The molecule has 0 atom stereocenters. The van der Waals surface area contributed by atoms with Crippen molar-refractivity contribution < 1.29 is 4.39 Å². The van der Waals surface area contributed by atoms with Gasteiger partial charge in [-0.15, -0.1) is 24.0 Å². The van der Waals surface area contributed by atoms with Crippen LogP contribution < -0.4 is 15.5 Å². The van der Waals surface area contributed by atoms with E-state index in [0.717, 1.165) is 24.5 Å². The van der Waals surface area contributed by atoms with Crippen LogP contribution in [0.1, 0.15) is 11.1 Å². The van der Waals surface area contributed by atoms with Crippen molar-refractivity contribution in [3.05, 3.63) is 65.5 Å². The van der Waals surface area contributed by atoms with Gasteiger partial charge in [0, 0.05) is 39.9 Å². The van der Waals surface area contributed by atoms with Gasteiger partial charge in [0.25, 0.3) is 0 Å². The Hall–Kier alpha value is -1.83. The monoisotopic (exact) mass is 456 g/mol. The van der Waals surface area contributed by atoms with Crippen LogP contribution in [0.4, 0.5) is 10.1 Å². The van der Waals surface area contributed by atoms with E-state index in [1.165, 1.54) is 23.4 Å². The highest BCUT2D eigenvalue weighted by Crippen LogP contribution is 2.11. The lowest BCUT2D eigenvalue weighted by molar-refractivity contribution is 0.626. The Balaban J connectivity index is 0.00000312. The molecular weight excluding hydrogens is 430 g/mol. The smallest absolute Gasteiger partial charge is 0.191 e. The molecule has 0 bridgehead atoms. The molecule has 0 aliphatic rings. The van der Waals surface area contributed by atoms with Crippen molar-refractivity contribution in [2.24, 2.45) is 4.99 Å². The number of nitrogens with zero attached hydrogens (tertiary/aromatic N) is 2. The van der Waals surface area contributed by atoms with E-state index >= 15 is 0 Å². The van der Waals surface area contributed by atoms with Gasteiger partial charge in [-0.3, -0.25) is 4.99 Å². The van der Waals surface area contributed by atoms with Crippen LogP contribution >= 0.6 is 24.0 Å². The van der Waals surface area contributed by atoms with Gasteiger partial charge in [0.2, 0.25) is 0 Å². The summed E-state index contributed by atoms with van der Waals surface area (Å²) in [7, 11) is 5.81. The molecule has 0 aromatic heterocycles. The van der Waals surface area contributed by atoms with Crippen molar-refractivity contribution in [1.29, 1.82) is 0 Å². The Bertz CT molecular complexity index is 654. The third-order valence-electron chi connectivity index (χ3n) is 3.76. The van der Waals surface area contributed by atoms with E-state index in [0.29, 0.717) is 6.54 Å². The normalized spacial score (nSPS) is 10.8. The minimum atomic E-state index is -0.204. The van der Waals surface area contributed by atoms with Gasteiger partial charge in [-0.25, -0.2) is 4.39 Å². The van der Waals surface area contributed by atoms with Crippen molar-refractivity contribution in [2.45, 2.75) is 13.0 Å². The van der Waals surface area contributed by atoms with Gasteiger partial charge >= 0.3 is 0 Å². The van der Waals surface area contributed by atoms with E-state index < -0.39 is 0 Å². The number of hydrogen-bond donors (Lipinski definition) is 2. The molecule has 2 rings (SSSR count). The lowest BCUT2D eigenvalue weighted by Gasteiger charge is -2.14. The van der Waals surface area contributed by atoms with Crippen molar-refractivity contribution in [3.63, 3.8) is 0 Å². The van der Waals surface area contributed by atoms with Gasteiger partial charge < -0.3 is 15.5 Å². The third kappa shape index (κ3) is 7.29. The molecule has 0 saturated heterocycles. The predicted octanol–water partition coefficient (Wildman–Crippen LogP) is 3.42. The number of nitrogens with one attached hydrogen (secondary N) is 2. The fourth-order valence-corrected chi connectivity index (χ4v) is 2.29. The quantitative estimate of drug-likeness (QED) is 0.398. The summed E-state index contributed by atoms with van der Waals surface area (Å²) >= 11 is 0. The number of anilines is 1. The van der Waals surface area contributed by atoms with Gasteiger partial charge in [-0.2, -0.15) is 0 Å². The lowest BCUT2D eigenvalue weighted by atomic mass is 10.1. The average Bonchev–Trinajstić information content (AvgIpc) is 2.60. The zero-order valence-corrected chi connectivity index (χ0v) is 17.3. The summed E-state index contributed by atoms with van der Waals surface area (Å²) in [6.07, 6.45) is 0.818. The zero-order chi connectivity index (χ0) is 17.4. The molecule has 6 heteroatoms. The number of halogens is 2. The minimum absolute atomic E-state index is 0. The molecule has 0 aliphatic heterocycles. The largest absolute Gasteiger partial charge is 0.378 e. The average molecular weight is 456 g/mol. The molecule has 0 amide bonds. The molecule has 0 saturated carbocycles. The Labute approximate surface area is 166 Å². The zero-order valence-electron chi connectivity index (χ0n) is 14.9. The van der Waals surface area contributed by atoms with Crippen molar-refractivity contribution in [3.8, 4) is 0 Å². The number of rotatable bonds is 6. The minimum Gasteiger partial charge on any atom is -0.378 e. The Morgan fingerprint density at radius 2 is 1.56 bits per heavy atom. The number of aliphatic imine (C=N–C) groups is 1. The van der Waals surface area contributed by atoms with Gasteiger partial charge in [-0.1, -0.05) is 24.3 Å². The summed E-state index contributed by atoms with van der Waals surface area (Å²) in [5.41, 5.74) is 3.47. The van der Waals surface area contributed by atoms with Crippen molar-refractivity contribution >= 4 is 35.6 Å². The standard InChI is InChI=1S/C19H25FN4.HI/c1-21-19(22-13-12-15-4-8-17(20)9-5-15)23-14-16-6-10-18(11-7-16)24(2)3;/h4-11H,12-14H2,1-3H3,(H2,21,22,23);1H. The molecule has 136 valence electrons. The molecule has 0 aliphatic carbocycles. The molecule has 25 heavy (non-hydrogen) atoms. The summed E-state index contributed by atoms with van der Waals surface area (Å²) in [6.45, 7) is 1.45. The second-order valence-corrected chi connectivity index (χ2v) is 5.79. The molecule has 0 spiro atoms. The summed E-state index contributed by atoms with van der Waals surface area (Å²) in [5.74, 6) is 0.554. The molecule has 2 aromatic rings. The van der Waals surface area contributed by atoms with Crippen molar-refractivity contribution in [1.82, 2.24) is 10.6 Å². The topological polar surface area (TPSA) is 39.7 Å².